The summed E-state index contributed by atoms with van der Waals surface area (Å²) in [4.78, 5) is 0. The first-order valence-electron chi connectivity index (χ1n) is 6.65. The lowest BCUT2D eigenvalue weighted by Crippen LogP contribution is -2.45. The summed E-state index contributed by atoms with van der Waals surface area (Å²) < 4.78 is 45.1. The summed E-state index contributed by atoms with van der Waals surface area (Å²) >= 11 is 12.0. The summed E-state index contributed by atoms with van der Waals surface area (Å²) in [5.74, 6) is -2.62. The molecule has 126 valence electrons. The van der Waals surface area contributed by atoms with Gasteiger partial charge in [-0.3, -0.25) is 5.43 Å². The second-order valence-corrected chi connectivity index (χ2v) is 6.07. The first kappa shape index (κ1) is 16.7. The number of hydrogen-bond donors (Lipinski definition) is 2. The van der Waals surface area contributed by atoms with Gasteiger partial charge < -0.3 is 10.5 Å². The van der Waals surface area contributed by atoms with Crippen molar-refractivity contribution in [1.82, 2.24) is 5.43 Å². The number of hydrazone groups is 1. The third kappa shape index (κ3) is 2.64. The van der Waals surface area contributed by atoms with Crippen LogP contribution in [0.15, 0.2) is 34.8 Å². The summed E-state index contributed by atoms with van der Waals surface area (Å²) in [6.45, 7) is 0. The van der Waals surface area contributed by atoms with Crippen LogP contribution in [0.2, 0.25) is 10.0 Å². The third-order valence-corrected chi connectivity index (χ3v) is 4.41. The topological polar surface area (TPSA) is 83.4 Å². The number of allylic oxidation sites excluding steroid dienone is 1. The molecule has 0 saturated heterocycles. The van der Waals surface area contributed by atoms with E-state index >= 15 is 0 Å². The van der Waals surface area contributed by atoms with Crippen molar-refractivity contribution < 1.29 is 17.9 Å². The van der Waals surface area contributed by atoms with Gasteiger partial charge in [0.15, 0.2) is 11.9 Å². The molecule has 0 aliphatic carbocycles. The monoisotopic (exact) mass is 376 g/mol. The van der Waals surface area contributed by atoms with Gasteiger partial charge in [0, 0.05) is 16.0 Å². The summed E-state index contributed by atoms with van der Waals surface area (Å²) in [5, 5.41) is 13.1. The molecule has 0 aromatic heterocycles. The highest BCUT2D eigenvalue weighted by atomic mass is 35.5. The second-order valence-electron chi connectivity index (χ2n) is 5.22. The fourth-order valence-electron chi connectivity index (χ4n) is 2.88. The van der Waals surface area contributed by atoms with Crippen LogP contribution in [-0.2, 0) is 4.74 Å². The van der Waals surface area contributed by atoms with Crippen LogP contribution < -0.4 is 11.2 Å². The van der Waals surface area contributed by atoms with Gasteiger partial charge in [-0.2, -0.15) is 23.5 Å². The molecule has 2 aliphatic heterocycles. The number of benzene rings is 1. The summed E-state index contributed by atoms with van der Waals surface area (Å²) in [5.41, 5.74) is 7.05. The van der Waals surface area contributed by atoms with Gasteiger partial charge in [-0.15, -0.1) is 0 Å². The van der Waals surface area contributed by atoms with E-state index in [1.807, 2.05) is 6.07 Å². The molecule has 10 heteroatoms. The van der Waals surface area contributed by atoms with Crippen molar-refractivity contribution in [3.05, 3.63) is 45.3 Å². The van der Waals surface area contributed by atoms with Crippen molar-refractivity contribution in [2.24, 2.45) is 16.8 Å². The number of hydrogen-bond acceptors (Lipinski definition) is 5. The van der Waals surface area contributed by atoms with Gasteiger partial charge in [-0.05, 0) is 17.7 Å². The quantitative estimate of drug-likeness (QED) is 0.787. The van der Waals surface area contributed by atoms with Crippen LogP contribution >= 0.6 is 23.2 Å². The fourth-order valence-corrected chi connectivity index (χ4v) is 3.40. The molecule has 0 saturated carbocycles. The number of rotatable bonds is 1. The van der Waals surface area contributed by atoms with E-state index in [0.29, 0.717) is 10.6 Å². The summed E-state index contributed by atoms with van der Waals surface area (Å²) in [6, 6.07) is 6.15. The van der Waals surface area contributed by atoms with Crippen LogP contribution in [-0.4, -0.2) is 18.1 Å². The van der Waals surface area contributed by atoms with E-state index in [9.17, 15) is 18.4 Å². The minimum atomic E-state index is -4.69. The Kier molecular flexibility index (Phi) is 4.01. The Bertz CT molecular complexity index is 800. The largest absolute Gasteiger partial charge is 0.453 e. The minimum absolute atomic E-state index is 0.127. The van der Waals surface area contributed by atoms with E-state index < -0.39 is 30.0 Å². The normalized spacial score (nSPS) is 26.2. The number of nitrogens with one attached hydrogen (secondary N) is 1. The lowest BCUT2D eigenvalue weighted by molar-refractivity contribution is -0.0661. The molecule has 1 aromatic rings. The zero-order chi connectivity index (χ0) is 17.6. The minimum Gasteiger partial charge on any atom is -0.453 e. The SMILES string of the molecule is N#CC1=C(N)O[C@@H]2NN=C(C(F)(F)F)[C@@H]2[C@@H]1c1ccc(Cl)cc1Cl. The maximum absolute atomic E-state index is 13.3. The Morgan fingerprint density at radius 1 is 1.33 bits per heavy atom. The highest BCUT2D eigenvalue weighted by molar-refractivity contribution is 6.35. The van der Waals surface area contributed by atoms with Gasteiger partial charge in [0.2, 0.25) is 5.88 Å². The van der Waals surface area contributed by atoms with Crippen LogP contribution in [0, 0.1) is 17.2 Å². The standard InChI is InChI=1S/C14H9Cl2F3N4O/c15-5-1-2-6(8(16)3-5)9-7(4-20)12(21)24-13-10(9)11(22-23-13)14(17,18)19/h1-3,9-10,13,23H,21H2/t9-,10+,13+/m1/s1. The molecule has 0 radical (unpaired) electrons. The number of nitriles is 1. The smallest absolute Gasteiger partial charge is 0.431 e. The molecular formula is C14H9Cl2F3N4O. The number of halogens is 5. The Morgan fingerprint density at radius 2 is 2.04 bits per heavy atom. The zero-order valence-electron chi connectivity index (χ0n) is 11.7. The molecule has 3 rings (SSSR count). The molecule has 2 heterocycles. The molecule has 24 heavy (non-hydrogen) atoms. The van der Waals surface area contributed by atoms with Crippen molar-refractivity contribution in [1.29, 1.82) is 5.26 Å². The van der Waals surface area contributed by atoms with E-state index in [4.69, 9.17) is 33.7 Å². The van der Waals surface area contributed by atoms with Crippen LogP contribution in [0.5, 0.6) is 0 Å². The molecule has 3 atom stereocenters. The van der Waals surface area contributed by atoms with Gasteiger partial charge in [-0.25, -0.2) is 0 Å². The first-order valence-corrected chi connectivity index (χ1v) is 7.41. The molecule has 0 fully saturated rings. The average Bonchev–Trinajstić information content (AvgIpc) is 2.89. The lowest BCUT2D eigenvalue weighted by atomic mass is 9.76. The molecule has 1 aromatic carbocycles. The average molecular weight is 377 g/mol. The number of alkyl halides is 3. The Balaban J connectivity index is 2.18. The summed E-state index contributed by atoms with van der Waals surface area (Å²) in [6.07, 6.45) is -5.84. The van der Waals surface area contributed by atoms with E-state index in [1.54, 1.807) is 0 Å². The van der Waals surface area contributed by atoms with Crippen LogP contribution in [0.1, 0.15) is 11.5 Å². The second kappa shape index (κ2) is 5.76. The molecular weight excluding hydrogens is 368 g/mol. The molecule has 2 aliphatic rings. The van der Waals surface area contributed by atoms with Gasteiger partial charge in [0.05, 0.1) is 11.5 Å². The molecule has 3 N–H and O–H groups in total. The third-order valence-electron chi connectivity index (χ3n) is 3.85. The lowest BCUT2D eigenvalue weighted by Gasteiger charge is -2.34. The predicted molar refractivity (Wildman–Crippen MR) is 81.0 cm³/mol. The van der Waals surface area contributed by atoms with Gasteiger partial charge >= 0.3 is 6.18 Å². The maximum Gasteiger partial charge on any atom is 0.431 e. The van der Waals surface area contributed by atoms with E-state index in [1.165, 1.54) is 18.2 Å². The Morgan fingerprint density at radius 3 is 2.62 bits per heavy atom. The highest BCUT2D eigenvalue weighted by Crippen LogP contribution is 2.46. The number of fused-ring (bicyclic) bond motifs is 1. The van der Waals surface area contributed by atoms with Crippen molar-refractivity contribution >= 4 is 28.9 Å². The number of ether oxygens (including phenoxy) is 1. The molecule has 0 spiro atoms. The Labute approximate surface area is 144 Å². The van der Waals surface area contributed by atoms with Crippen molar-refractivity contribution in [3.8, 4) is 6.07 Å². The Hall–Kier alpha value is -2.11. The van der Waals surface area contributed by atoms with Crippen molar-refractivity contribution in [2.75, 3.05) is 0 Å². The maximum atomic E-state index is 13.3. The molecule has 0 bridgehead atoms. The predicted octanol–water partition coefficient (Wildman–Crippen LogP) is 3.26. The van der Waals surface area contributed by atoms with Gasteiger partial charge in [0.1, 0.15) is 6.07 Å². The van der Waals surface area contributed by atoms with Crippen LogP contribution in [0.3, 0.4) is 0 Å². The first-order chi connectivity index (χ1) is 11.2. The summed E-state index contributed by atoms with van der Waals surface area (Å²) in [7, 11) is 0. The molecule has 0 amide bonds. The highest BCUT2D eigenvalue weighted by Gasteiger charge is 2.55. The fraction of sp³-hybridized carbons (Fsp3) is 0.286. The van der Waals surface area contributed by atoms with E-state index in [2.05, 4.69) is 10.5 Å². The van der Waals surface area contributed by atoms with E-state index in [0.717, 1.165) is 0 Å². The van der Waals surface area contributed by atoms with Crippen molar-refractivity contribution in [2.45, 2.75) is 18.3 Å². The number of nitrogens with two attached hydrogens (primary N) is 1. The van der Waals surface area contributed by atoms with Crippen LogP contribution in [0.4, 0.5) is 13.2 Å². The van der Waals surface area contributed by atoms with Gasteiger partial charge in [0.25, 0.3) is 0 Å². The molecule has 5 nitrogen and oxygen atoms in total. The number of nitrogens with zero attached hydrogens (tertiary/aromatic N) is 2. The van der Waals surface area contributed by atoms with Crippen molar-refractivity contribution in [3.63, 3.8) is 0 Å². The zero-order valence-corrected chi connectivity index (χ0v) is 13.2. The van der Waals surface area contributed by atoms with Gasteiger partial charge in [-0.1, -0.05) is 29.3 Å². The van der Waals surface area contributed by atoms with E-state index in [-0.39, 0.29) is 16.5 Å². The molecule has 0 unspecified atom stereocenters. The van der Waals surface area contributed by atoms with Crippen LogP contribution in [0.25, 0.3) is 0 Å².